The summed E-state index contributed by atoms with van der Waals surface area (Å²) in [7, 11) is 0. The average Bonchev–Trinajstić information content (AvgIpc) is 2.66. The molecule has 1 atom stereocenters. The summed E-state index contributed by atoms with van der Waals surface area (Å²) in [4.78, 5) is 15.2. The van der Waals surface area contributed by atoms with Crippen molar-refractivity contribution in [3.05, 3.63) is 0 Å². The van der Waals surface area contributed by atoms with Crippen LogP contribution in [0.3, 0.4) is 0 Å². The monoisotopic (exact) mass is 353 g/mol. The molecule has 0 radical (unpaired) electrons. The first-order valence-electron chi connectivity index (χ1n) is 10.4. The maximum Gasteiger partial charge on any atom is 0.220 e. The first kappa shape index (κ1) is 20.7. The van der Waals surface area contributed by atoms with Gasteiger partial charge in [0.2, 0.25) is 5.91 Å². The molecule has 5 heteroatoms. The summed E-state index contributed by atoms with van der Waals surface area (Å²) >= 11 is 0. The summed E-state index contributed by atoms with van der Waals surface area (Å²) in [6.07, 6.45) is 8.84. The highest BCUT2D eigenvalue weighted by molar-refractivity contribution is 5.76. The lowest BCUT2D eigenvalue weighted by Crippen LogP contribution is -2.52. The second-order valence-electron chi connectivity index (χ2n) is 8.04. The first-order valence-corrected chi connectivity index (χ1v) is 10.4. The molecule has 146 valence electrons. The molecule has 0 aromatic carbocycles. The standard InChI is InChI=1S/C20H39N3O2/c1-3-17(4-2)18(23-10-12-25-13-11-23)15-22-19(24)14-20(16-21)8-6-5-7-9-20/h17-18H,3-16,21H2,1-2H3,(H,22,24). The maximum atomic E-state index is 12.7. The lowest BCUT2D eigenvalue weighted by molar-refractivity contribution is -0.124. The van der Waals surface area contributed by atoms with Crippen molar-refractivity contribution in [1.29, 1.82) is 0 Å². The summed E-state index contributed by atoms with van der Waals surface area (Å²) in [6, 6.07) is 0.419. The molecule has 2 rings (SSSR count). The minimum atomic E-state index is 0.0473. The van der Waals surface area contributed by atoms with Crippen LogP contribution in [0.5, 0.6) is 0 Å². The zero-order chi connectivity index (χ0) is 18.1. The van der Waals surface area contributed by atoms with Crippen molar-refractivity contribution in [2.24, 2.45) is 17.1 Å². The molecule has 0 spiro atoms. The van der Waals surface area contributed by atoms with Gasteiger partial charge >= 0.3 is 0 Å². The van der Waals surface area contributed by atoms with E-state index in [0.29, 0.717) is 24.9 Å². The van der Waals surface area contributed by atoms with Crippen LogP contribution in [-0.2, 0) is 9.53 Å². The van der Waals surface area contributed by atoms with Gasteiger partial charge in [0.15, 0.2) is 0 Å². The fourth-order valence-corrected chi connectivity index (χ4v) is 4.71. The average molecular weight is 354 g/mol. The lowest BCUT2D eigenvalue weighted by atomic mass is 9.71. The number of nitrogens with two attached hydrogens (primary N) is 1. The van der Waals surface area contributed by atoms with Crippen molar-refractivity contribution in [3.8, 4) is 0 Å². The topological polar surface area (TPSA) is 67.6 Å². The van der Waals surface area contributed by atoms with Crippen LogP contribution in [0, 0.1) is 11.3 Å². The van der Waals surface area contributed by atoms with Crippen molar-refractivity contribution >= 4 is 5.91 Å². The number of carbonyl (C=O) groups is 1. The molecule has 1 aliphatic heterocycles. The Kier molecular flexibility index (Phi) is 8.67. The Morgan fingerprint density at radius 3 is 2.36 bits per heavy atom. The van der Waals surface area contributed by atoms with Crippen LogP contribution < -0.4 is 11.1 Å². The van der Waals surface area contributed by atoms with E-state index in [0.717, 1.165) is 58.5 Å². The fourth-order valence-electron chi connectivity index (χ4n) is 4.71. The molecule has 1 heterocycles. The quantitative estimate of drug-likeness (QED) is 0.668. The van der Waals surface area contributed by atoms with E-state index >= 15 is 0 Å². The highest BCUT2D eigenvalue weighted by atomic mass is 16.5. The van der Waals surface area contributed by atoms with Crippen LogP contribution in [0.4, 0.5) is 0 Å². The molecule has 1 unspecified atom stereocenters. The molecule has 2 aliphatic rings. The molecule has 1 aliphatic carbocycles. The molecule has 0 bridgehead atoms. The second-order valence-corrected chi connectivity index (χ2v) is 8.04. The van der Waals surface area contributed by atoms with Gasteiger partial charge in [0, 0.05) is 32.1 Å². The van der Waals surface area contributed by atoms with Crippen LogP contribution in [0.2, 0.25) is 0 Å². The normalized spacial score (nSPS) is 22.7. The van der Waals surface area contributed by atoms with Crippen molar-refractivity contribution in [3.63, 3.8) is 0 Å². The summed E-state index contributed by atoms with van der Waals surface area (Å²) in [5.41, 5.74) is 6.10. The Morgan fingerprint density at radius 1 is 1.16 bits per heavy atom. The molecule has 0 aromatic rings. The van der Waals surface area contributed by atoms with Gasteiger partial charge in [-0.3, -0.25) is 9.69 Å². The fraction of sp³-hybridized carbons (Fsp3) is 0.950. The molecule has 0 aromatic heterocycles. The predicted molar refractivity (Wildman–Crippen MR) is 102 cm³/mol. The van der Waals surface area contributed by atoms with E-state index in [1.54, 1.807) is 0 Å². The van der Waals surface area contributed by atoms with Crippen LogP contribution >= 0.6 is 0 Å². The zero-order valence-electron chi connectivity index (χ0n) is 16.4. The number of amides is 1. The number of hydrogen-bond acceptors (Lipinski definition) is 4. The van der Waals surface area contributed by atoms with E-state index in [1.165, 1.54) is 19.3 Å². The van der Waals surface area contributed by atoms with Crippen LogP contribution in [-0.4, -0.2) is 56.2 Å². The van der Waals surface area contributed by atoms with Crippen molar-refractivity contribution in [1.82, 2.24) is 10.2 Å². The highest BCUT2D eigenvalue weighted by Gasteiger charge is 2.33. The van der Waals surface area contributed by atoms with E-state index in [2.05, 4.69) is 24.1 Å². The van der Waals surface area contributed by atoms with Crippen LogP contribution in [0.25, 0.3) is 0 Å². The van der Waals surface area contributed by atoms with Crippen molar-refractivity contribution in [2.45, 2.75) is 71.3 Å². The van der Waals surface area contributed by atoms with Gasteiger partial charge in [-0.2, -0.15) is 0 Å². The Morgan fingerprint density at radius 2 is 1.80 bits per heavy atom. The van der Waals surface area contributed by atoms with Gasteiger partial charge in [0.1, 0.15) is 0 Å². The zero-order valence-corrected chi connectivity index (χ0v) is 16.4. The number of carbonyl (C=O) groups excluding carboxylic acids is 1. The molecule has 1 saturated carbocycles. The first-order chi connectivity index (χ1) is 12.1. The van der Waals surface area contributed by atoms with Crippen LogP contribution in [0.15, 0.2) is 0 Å². The number of hydrogen-bond donors (Lipinski definition) is 2. The Hall–Kier alpha value is -0.650. The minimum absolute atomic E-state index is 0.0473. The van der Waals surface area contributed by atoms with Gasteiger partial charge in [-0.15, -0.1) is 0 Å². The third-order valence-corrected chi connectivity index (χ3v) is 6.50. The van der Waals surface area contributed by atoms with E-state index in [-0.39, 0.29) is 11.3 Å². The largest absolute Gasteiger partial charge is 0.379 e. The smallest absolute Gasteiger partial charge is 0.220 e. The van der Waals surface area contributed by atoms with Gasteiger partial charge < -0.3 is 15.8 Å². The van der Waals surface area contributed by atoms with Gasteiger partial charge in [-0.05, 0) is 30.7 Å². The summed E-state index contributed by atoms with van der Waals surface area (Å²) in [5, 5.41) is 3.26. The van der Waals surface area contributed by atoms with Gasteiger partial charge in [-0.25, -0.2) is 0 Å². The maximum absolute atomic E-state index is 12.7. The number of rotatable bonds is 9. The summed E-state index contributed by atoms with van der Waals surface area (Å²) in [5.74, 6) is 0.813. The molecular formula is C20H39N3O2. The number of morpholine rings is 1. The molecule has 2 fully saturated rings. The van der Waals surface area contributed by atoms with E-state index in [4.69, 9.17) is 10.5 Å². The predicted octanol–water partition coefficient (Wildman–Crippen LogP) is 2.54. The van der Waals surface area contributed by atoms with E-state index in [1.807, 2.05) is 0 Å². The SMILES string of the molecule is CCC(CC)C(CNC(=O)CC1(CN)CCCCC1)N1CCOCC1. The van der Waals surface area contributed by atoms with E-state index < -0.39 is 0 Å². The lowest BCUT2D eigenvalue weighted by Gasteiger charge is -2.39. The number of ether oxygens (including phenoxy) is 1. The Bertz CT molecular complexity index is 386. The third-order valence-electron chi connectivity index (χ3n) is 6.50. The van der Waals surface area contributed by atoms with Crippen molar-refractivity contribution < 1.29 is 9.53 Å². The van der Waals surface area contributed by atoms with Gasteiger partial charge in [-0.1, -0.05) is 46.0 Å². The third kappa shape index (κ3) is 5.93. The molecule has 3 N–H and O–H groups in total. The number of nitrogens with zero attached hydrogens (tertiary/aromatic N) is 1. The highest BCUT2D eigenvalue weighted by Crippen LogP contribution is 2.38. The van der Waals surface area contributed by atoms with E-state index in [9.17, 15) is 4.79 Å². The van der Waals surface area contributed by atoms with Crippen molar-refractivity contribution in [2.75, 3.05) is 39.4 Å². The van der Waals surface area contributed by atoms with Gasteiger partial charge in [0.05, 0.1) is 13.2 Å². The molecular weight excluding hydrogens is 314 g/mol. The molecule has 1 amide bonds. The molecule has 1 saturated heterocycles. The summed E-state index contributed by atoms with van der Waals surface area (Å²) < 4.78 is 5.51. The minimum Gasteiger partial charge on any atom is -0.379 e. The molecule has 25 heavy (non-hydrogen) atoms. The number of nitrogens with one attached hydrogen (secondary N) is 1. The molecule has 5 nitrogen and oxygen atoms in total. The second kappa shape index (κ2) is 10.5. The van der Waals surface area contributed by atoms with Gasteiger partial charge in [0.25, 0.3) is 0 Å². The Labute approximate surface area is 154 Å². The summed E-state index contributed by atoms with van der Waals surface area (Å²) in [6.45, 7) is 9.48. The van der Waals surface area contributed by atoms with Crippen LogP contribution in [0.1, 0.15) is 65.2 Å². The Balaban J connectivity index is 1.90.